The van der Waals surface area contributed by atoms with Gasteiger partial charge in [0, 0.05) is 12.1 Å². The monoisotopic (exact) mass is 353 g/mol. The van der Waals surface area contributed by atoms with Crippen molar-refractivity contribution in [2.45, 2.75) is 25.0 Å². The first-order valence-corrected chi connectivity index (χ1v) is 9.09. The van der Waals surface area contributed by atoms with Crippen LogP contribution in [0.2, 0.25) is 0 Å². The number of rotatable bonds is 7. The van der Waals surface area contributed by atoms with E-state index in [9.17, 15) is 4.79 Å². The summed E-state index contributed by atoms with van der Waals surface area (Å²) in [7, 11) is 0. The van der Waals surface area contributed by atoms with Gasteiger partial charge < -0.3 is 4.42 Å². The Labute approximate surface area is 150 Å². The third kappa shape index (κ3) is 4.93. The van der Waals surface area contributed by atoms with Gasteiger partial charge in [-0.1, -0.05) is 61.2 Å². The van der Waals surface area contributed by atoms with Crippen LogP contribution in [0.15, 0.2) is 69.3 Å². The van der Waals surface area contributed by atoms with Gasteiger partial charge in [0.15, 0.2) is 5.58 Å². The second-order valence-corrected chi connectivity index (χ2v) is 6.39. The molecule has 0 radical (unpaired) electrons. The van der Waals surface area contributed by atoms with Gasteiger partial charge in [-0.15, -0.1) is 0 Å². The average Bonchev–Trinajstić information content (AvgIpc) is 3.07. The zero-order valence-electron chi connectivity index (χ0n) is 13.9. The number of oxazole rings is 1. The van der Waals surface area contributed by atoms with Crippen molar-refractivity contribution >= 4 is 34.5 Å². The fourth-order valence-corrected chi connectivity index (χ4v) is 2.92. The van der Waals surface area contributed by atoms with Gasteiger partial charge in [-0.25, -0.2) is 10.4 Å². The van der Waals surface area contributed by atoms with Crippen molar-refractivity contribution in [3.05, 3.63) is 60.2 Å². The van der Waals surface area contributed by atoms with E-state index >= 15 is 0 Å². The number of nitrogens with one attached hydrogen (secondary N) is 1. The Morgan fingerprint density at radius 1 is 1.16 bits per heavy atom. The molecule has 2 aromatic carbocycles. The van der Waals surface area contributed by atoms with Crippen molar-refractivity contribution in [3.63, 3.8) is 0 Å². The number of carbonyl (C=O) groups excluding carboxylic acids is 1. The molecule has 1 N–H and O–H groups in total. The van der Waals surface area contributed by atoms with Gasteiger partial charge in [-0.2, -0.15) is 5.10 Å². The molecule has 0 spiro atoms. The van der Waals surface area contributed by atoms with Crippen molar-refractivity contribution in [2.75, 3.05) is 5.75 Å². The van der Waals surface area contributed by atoms with Crippen molar-refractivity contribution in [2.24, 2.45) is 5.10 Å². The first-order valence-electron chi connectivity index (χ1n) is 8.11. The van der Waals surface area contributed by atoms with Crippen LogP contribution in [0.4, 0.5) is 0 Å². The highest BCUT2D eigenvalue weighted by Crippen LogP contribution is 2.22. The van der Waals surface area contributed by atoms with Crippen LogP contribution >= 0.6 is 11.8 Å². The number of nitrogens with zero attached hydrogens (tertiary/aromatic N) is 2. The van der Waals surface area contributed by atoms with Gasteiger partial charge in [0.25, 0.3) is 11.1 Å². The van der Waals surface area contributed by atoms with E-state index in [4.69, 9.17) is 4.42 Å². The Balaban J connectivity index is 1.52. The molecule has 0 aliphatic heterocycles. The van der Waals surface area contributed by atoms with Crippen LogP contribution in [0.1, 0.15) is 18.9 Å². The third-order valence-corrected chi connectivity index (χ3v) is 4.43. The summed E-state index contributed by atoms with van der Waals surface area (Å²) in [6.07, 6.45) is 1.52. The van der Waals surface area contributed by atoms with Gasteiger partial charge in [-0.05, 0) is 24.1 Å². The summed E-state index contributed by atoms with van der Waals surface area (Å²) in [6.45, 7) is 2.03. The molecule has 0 saturated heterocycles. The smallest absolute Gasteiger partial charge is 0.257 e. The number of para-hydroxylation sites is 2. The van der Waals surface area contributed by atoms with Gasteiger partial charge in [0.2, 0.25) is 0 Å². The fraction of sp³-hybridized carbons (Fsp3) is 0.211. The van der Waals surface area contributed by atoms with Gasteiger partial charge in [-0.3, -0.25) is 4.79 Å². The van der Waals surface area contributed by atoms with E-state index in [0.29, 0.717) is 5.22 Å². The number of aromatic nitrogens is 1. The number of thioether (sulfide) groups is 1. The fourth-order valence-electron chi connectivity index (χ4n) is 2.29. The molecule has 128 valence electrons. The molecule has 0 aliphatic carbocycles. The van der Waals surface area contributed by atoms with E-state index in [1.807, 2.05) is 49.4 Å². The van der Waals surface area contributed by atoms with Crippen LogP contribution < -0.4 is 5.43 Å². The summed E-state index contributed by atoms with van der Waals surface area (Å²) in [5, 5.41) is 4.73. The lowest BCUT2D eigenvalue weighted by molar-refractivity contribution is -0.118. The summed E-state index contributed by atoms with van der Waals surface area (Å²) < 4.78 is 5.58. The number of benzene rings is 2. The Hall–Kier alpha value is -2.60. The molecule has 0 atom stereocenters. The normalized spacial score (nSPS) is 11.6. The Bertz CT molecular complexity index is 842. The van der Waals surface area contributed by atoms with E-state index in [2.05, 4.69) is 27.6 Å². The van der Waals surface area contributed by atoms with E-state index in [0.717, 1.165) is 29.7 Å². The second kappa shape index (κ2) is 8.48. The maximum atomic E-state index is 12.0. The zero-order chi connectivity index (χ0) is 17.5. The molecule has 1 heterocycles. The summed E-state index contributed by atoms with van der Waals surface area (Å²) in [4.78, 5) is 16.3. The molecule has 1 aromatic heterocycles. The SMILES string of the molecule is CC/C(Cc1ccccc1)=N\NC(=O)CSc1nc2ccccc2o1. The Kier molecular flexibility index (Phi) is 5.85. The molecule has 6 heteroatoms. The summed E-state index contributed by atoms with van der Waals surface area (Å²) in [5.74, 6) is 0.0322. The number of hydrogen-bond donors (Lipinski definition) is 1. The van der Waals surface area contributed by atoms with Crippen LogP contribution in [0.3, 0.4) is 0 Å². The minimum Gasteiger partial charge on any atom is -0.431 e. The molecule has 0 saturated carbocycles. The van der Waals surface area contributed by atoms with Crippen molar-refractivity contribution < 1.29 is 9.21 Å². The maximum absolute atomic E-state index is 12.0. The average molecular weight is 353 g/mol. The van der Waals surface area contributed by atoms with E-state index in [1.165, 1.54) is 17.3 Å². The minimum atomic E-state index is -0.175. The Morgan fingerprint density at radius 2 is 1.92 bits per heavy atom. The molecule has 0 bridgehead atoms. The molecule has 0 fully saturated rings. The number of amides is 1. The second-order valence-electron chi connectivity index (χ2n) is 5.47. The van der Waals surface area contributed by atoms with Crippen molar-refractivity contribution in [1.29, 1.82) is 0 Å². The molecule has 5 nitrogen and oxygen atoms in total. The highest BCUT2D eigenvalue weighted by Gasteiger charge is 2.09. The molecular formula is C19H19N3O2S. The van der Waals surface area contributed by atoms with Crippen LogP contribution in [0, 0.1) is 0 Å². The lowest BCUT2D eigenvalue weighted by atomic mass is 10.1. The minimum absolute atomic E-state index is 0.175. The Morgan fingerprint density at radius 3 is 2.68 bits per heavy atom. The quantitative estimate of drug-likeness (QED) is 0.395. The van der Waals surface area contributed by atoms with Crippen LogP contribution in [-0.2, 0) is 11.2 Å². The van der Waals surface area contributed by atoms with Crippen molar-refractivity contribution in [3.8, 4) is 0 Å². The number of fused-ring (bicyclic) bond motifs is 1. The van der Waals surface area contributed by atoms with Gasteiger partial charge >= 0.3 is 0 Å². The van der Waals surface area contributed by atoms with E-state index in [1.54, 1.807) is 0 Å². The number of carbonyl (C=O) groups is 1. The highest BCUT2D eigenvalue weighted by molar-refractivity contribution is 7.99. The largest absolute Gasteiger partial charge is 0.431 e. The zero-order valence-corrected chi connectivity index (χ0v) is 14.8. The molecule has 3 aromatic rings. The van der Waals surface area contributed by atoms with Crippen LogP contribution in [-0.4, -0.2) is 22.4 Å². The number of hydrogen-bond acceptors (Lipinski definition) is 5. The predicted molar refractivity (Wildman–Crippen MR) is 101 cm³/mol. The highest BCUT2D eigenvalue weighted by atomic mass is 32.2. The predicted octanol–water partition coefficient (Wildman–Crippen LogP) is 4.04. The van der Waals surface area contributed by atoms with E-state index in [-0.39, 0.29) is 11.7 Å². The third-order valence-electron chi connectivity index (χ3n) is 3.60. The first-order chi connectivity index (χ1) is 12.2. The van der Waals surface area contributed by atoms with Crippen LogP contribution in [0.25, 0.3) is 11.1 Å². The van der Waals surface area contributed by atoms with Crippen molar-refractivity contribution in [1.82, 2.24) is 10.4 Å². The lowest BCUT2D eigenvalue weighted by Crippen LogP contribution is -2.22. The molecule has 3 rings (SSSR count). The summed E-state index contributed by atoms with van der Waals surface area (Å²) in [5.41, 5.74) is 6.25. The molecule has 0 unspecified atom stereocenters. The topological polar surface area (TPSA) is 67.5 Å². The molecular weight excluding hydrogens is 334 g/mol. The van der Waals surface area contributed by atoms with Gasteiger partial charge in [0.05, 0.1) is 5.75 Å². The molecule has 1 amide bonds. The first kappa shape index (κ1) is 17.2. The van der Waals surface area contributed by atoms with E-state index < -0.39 is 0 Å². The molecule has 25 heavy (non-hydrogen) atoms. The summed E-state index contributed by atoms with van der Waals surface area (Å²) >= 11 is 1.26. The number of hydrazone groups is 1. The maximum Gasteiger partial charge on any atom is 0.257 e. The van der Waals surface area contributed by atoms with Gasteiger partial charge in [0.1, 0.15) is 5.52 Å². The van der Waals surface area contributed by atoms with Crippen LogP contribution in [0.5, 0.6) is 0 Å². The molecule has 0 aliphatic rings. The standard InChI is InChI=1S/C19H19N3O2S/c1-2-15(12-14-8-4-3-5-9-14)21-22-18(23)13-25-19-20-16-10-6-7-11-17(16)24-19/h3-11H,2,12-13H2,1H3,(H,22,23)/b21-15+. The summed E-state index contributed by atoms with van der Waals surface area (Å²) in [6, 6.07) is 17.6. The lowest BCUT2D eigenvalue weighted by Gasteiger charge is -2.05.